The number of rotatable bonds is 1. The molecule has 0 aliphatic heterocycles. The van der Waals surface area contributed by atoms with E-state index in [1.807, 2.05) is 5.94 Å². The van der Waals surface area contributed by atoms with Gasteiger partial charge in [0.2, 0.25) is 0 Å². The molecule has 7 heavy (non-hydrogen) atoms. The zero-order valence-corrected chi connectivity index (χ0v) is 7.08. The Kier molecular flexibility index (Phi) is 2.34. The molecule has 0 aromatic heterocycles. The molecule has 0 fully saturated rings. The van der Waals surface area contributed by atoms with Crippen LogP contribution in [-0.2, 0) is 4.79 Å². The fourth-order valence-corrected chi connectivity index (χ4v) is 0.919. The van der Waals surface area contributed by atoms with E-state index < -0.39 is 13.3 Å². The van der Waals surface area contributed by atoms with Crippen molar-refractivity contribution in [1.82, 2.24) is 0 Å². The molecule has 0 saturated heterocycles. The zero-order valence-electron chi connectivity index (χ0n) is 4.99. The van der Waals surface area contributed by atoms with Crippen LogP contribution in [0.5, 0.6) is 0 Å². The molecule has 0 atom stereocenters. The quantitative estimate of drug-likeness (QED) is 0.415. The summed E-state index contributed by atoms with van der Waals surface area (Å²) in [6.45, 7) is 0. The average molecular weight is 159 g/mol. The second-order valence-corrected chi connectivity index (χ2v) is 13.2. The molecule has 0 rings (SSSR count). The SMILES string of the molecule is [CH3][Ge]([CH3])([CH3])[CH]=C=O. The molecule has 0 spiro atoms. The summed E-state index contributed by atoms with van der Waals surface area (Å²) < 4.78 is 0. The van der Waals surface area contributed by atoms with Crippen LogP contribution in [0.4, 0.5) is 0 Å². The Morgan fingerprint density at radius 3 is 1.86 bits per heavy atom. The standard InChI is InChI=1S/C5H10GeO/c1-6(2,3)4-5-7/h4H,1-3H3. The van der Waals surface area contributed by atoms with E-state index in [2.05, 4.69) is 17.3 Å². The van der Waals surface area contributed by atoms with Crippen molar-refractivity contribution in [3.05, 3.63) is 4.91 Å². The predicted molar refractivity (Wildman–Crippen MR) is 33.6 cm³/mol. The van der Waals surface area contributed by atoms with Crippen molar-refractivity contribution in [3.63, 3.8) is 0 Å². The van der Waals surface area contributed by atoms with Crippen LogP contribution in [0.1, 0.15) is 0 Å². The average Bonchev–Trinajstić information content (AvgIpc) is 1.30. The molecule has 0 N–H and O–H groups in total. The topological polar surface area (TPSA) is 17.1 Å². The van der Waals surface area contributed by atoms with Crippen LogP contribution in [0.3, 0.4) is 0 Å². The Balaban J connectivity index is 3.80. The Labute approximate surface area is 46.8 Å². The van der Waals surface area contributed by atoms with Crippen molar-refractivity contribution < 1.29 is 4.79 Å². The Hall–Kier alpha value is -0.00714. The van der Waals surface area contributed by atoms with Crippen LogP contribution >= 0.6 is 0 Å². The van der Waals surface area contributed by atoms with Gasteiger partial charge in [-0.1, -0.05) is 0 Å². The first-order valence-electron chi connectivity index (χ1n) is 2.28. The van der Waals surface area contributed by atoms with Crippen molar-refractivity contribution >= 4 is 19.2 Å². The maximum absolute atomic E-state index is 9.69. The summed E-state index contributed by atoms with van der Waals surface area (Å²) in [4.78, 5) is 11.4. The Morgan fingerprint density at radius 2 is 1.86 bits per heavy atom. The van der Waals surface area contributed by atoms with Gasteiger partial charge in [-0.2, -0.15) is 0 Å². The maximum atomic E-state index is 9.69. The molecule has 0 aromatic carbocycles. The van der Waals surface area contributed by atoms with E-state index in [0.29, 0.717) is 0 Å². The molecular formula is C5H10GeO. The number of carbonyl (C=O) groups excluding carboxylic acids is 1. The van der Waals surface area contributed by atoms with E-state index in [-0.39, 0.29) is 0 Å². The van der Waals surface area contributed by atoms with E-state index in [9.17, 15) is 4.79 Å². The molecule has 0 unspecified atom stereocenters. The molecule has 40 valence electrons. The van der Waals surface area contributed by atoms with E-state index in [1.165, 1.54) is 0 Å². The van der Waals surface area contributed by atoms with Crippen molar-refractivity contribution in [2.75, 3.05) is 0 Å². The molecule has 2 heteroatoms. The van der Waals surface area contributed by atoms with Gasteiger partial charge in [-0.3, -0.25) is 0 Å². The molecule has 0 aliphatic rings. The van der Waals surface area contributed by atoms with Crippen LogP contribution in [0, 0.1) is 0 Å². The summed E-state index contributed by atoms with van der Waals surface area (Å²) in [5, 5.41) is 0. The van der Waals surface area contributed by atoms with Gasteiger partial charge in [0.1, 0.15) is 0 Å². The third-order valence-corrected chi connectivity index (χ3v) is 2.56. The molecule has 1 nitrogen and oxygen atoms in total. The van der Waals surface area contributed by atoms with Gasteiger partial charge in [0.05, 0.1) is 0 Å². The molecule has 0 radical (unpaired) electrons. The summed E-state index contributed by atoms with van der Waals surface area (Å²) >= 11 is -1.63. The van der Waals surface area contributed by atoms with Gasteiger partial charge in [-0.05, 0) is 0 Å². The summed E-state index contributed by atoms with van der Waals surface area (Å²) in [5.74, 6) is 8.25. The summed E-state index contributed by atoms with van der Waals surface area (Å²) in [6, 6.07) is 0. The van der Waals surface area contributed by atoms with Gasteiger partial charge in [-0.25, -0.2) is 0 Å². The third kappa shape index (κ3) is 5.99. The van der Waals surface area contributed by atoms with E-state index in [1.54, 1.807) is 4.91 Å². The molecule has 0 amide bonds. The summed E-state index contributed by atoms with van der Waals surface area (Å²) in [7, 11) is 0. The molecular weight excluding hydrogens is 149 g/mol. The zero-order chi connectivity index (χ0) is 5.91. The summed E-state index contributed by atoms with van der Waals surface area (Å²) in [6.07, 6.45) is 0. The first-order chi connectivity index (χ1) is 3.06. The van der Waals surface area contributed by atoms with E-state index >= 15 is 0 Å². The minimum absolute atomic E-state index is 1.63. The Bertz CT molecular complexity index is 95.1. The second-order valence-electron chi connectivity index (χ2n) is 2.63. The van der Waals surface area contributed by atoms with Gasteiger partial charge >= 0.3 is 46.2 Å². The van der Waals surface area contributed by atoms with Gasteiger partial charge in [0, 0.05) is 0 Å². The monoisotopic (exact) mass is 160 g/mol. The van der Waals surface area contributed by atoms with Crippen molar-refractivity contribution in [3.8, 4) is 0 Å². The first kappa shape index (κ1) is 6.99. The molecule has 0 bridgehead atoms. The van der Waals surface area contributed by atoms with Gasteiger partial charge in [0.15, 0.2) is 0 Å². The van der Waals surface area contributed by atoms with Crippen molar-refractivity contribution in [2.45, 2.75) is 17.3 Å². The van der Waals surface area contributed by atoms with E-state index in [0.717, 1.165) is 0 Å². The van der Waals surface area contributed by atoms with Crippen molar-refractivity contribution in [2.24, 2.45) is 0 Å². The van der Waals surface area contributed by atoms with Crippen LogP contribution < -0.4 is 0 Å². The number of hydrogen-bond donors (Lipinski definition) is 0. The fraction of sp³-hybridized carbons (Fsp3) is 0.600. The summed E-state index contributed by atoms with van der Waals surface area (Å²) in [5.41, 5.74) is 0. The van der Waals surface area contributed by atoms with Crippen LogP contribution in [0.25, 0.3) is 0 Å². The van der Waals surface area contributed by atoms with Crippen molar-refractivity contribution in [1.29, 1.82) is 0 Å². The third-order valence-electron chi connectivity index (χ3n) is 0.492. The fourth-order valence-electron chi connectivity index (χ4n) is 0.177. The van der Waals surface area contributed by atoms with Gasteiger partial charge in [0.25, 0.3) is 0 Å². The molecule has 0 heterocycles. The van der Waals surface area contributed by atoms with Gasteiger partial charge in [-0.15, -0.1) is 0 Å². The normalized spacial score (nSPS) is 10.1. The number of hydrogen-bond acceptors (Lipinski definition) is 1. The van der Waals surface area contributed by atoms with Crippen LogP contribution in [0.2, 0.25) is 17.3 Å². The Morgan fingerprint density at radius 1 is 1.43 bits per heavy atom. The minimum atomic E-state index is -1.63. The predicted octanol–water partition coefficient (Wildman–Crippen LogP) is 1.25. The first-order valence-corrected chi connectivity index (χ1v) is 9.79. The molecule has 0 aliphatic carbocycles. The van der Waals surface area contributed by atoms with E-state index in [4.69, 9.17) is 0 Å². The molecule has 0 saturated carbocycles. The van der Waals surface area contributed by atoms with Crippen LogP contribution in [-0.4, -0.2) is 19.2 Å². The molecule has 0 aromatic rings. The van der Waals surface area contributed by atoms with Gasteiger partial charge < -0.3 is 0 Å². The van der Waals surface area contributed by atoms with Crippen LogP contribution in [0.15, 0.2) is 4.91 Å². The second kappa shape index (κ2) is 2.34.